The quantitative estimate of drug-likeness (QED) is 0.907. The molecule has 1 fully saturated rings. The first-order valence-electron chi connectivity index (χ1n) is 7.32. The molecular weight excluding hydrogens is 272 g/mol. The highest BCUT2D eigenvalue weighted by atomic mass is 32.2. The van der Waals surface area contributed by atoms with E-state index in [9.17, 15) is 8.42 Å². The van der Waals surface area contributed by atoms with Gasteiger partial charge in [-0.15, -0.1) is 0 Å². The molecule has 0 aromatic heterocycles. The number of hydrogen-bond acceptors (Lipinski definition) is 3. The molecule has 0 bridgehead atoms. The van der Waals surface area contributed by atoms with Gasteiger partial charge in [-0.1, -0.05) is 25.8 Å². The van der Waals surface area contributed by atoms with Crippen LogP contribution in [-0.4, -0.2) is 25.3 Å². The van der Waals surface area contributed by atoms with Crippen LogP contribution in [0.25, 0.3) is 0 Å². The van der Waals surface area contributed by atoms with Gasteiger partial charge in [0, 0.05) is 19.1 Å². The highest BCUT2D eigenvalue weighted by Gasteiger charge is 2.32. The second-order valence-corrected chi connectivity index (χ2v) is 7.33. The predicted molar refractivity (Wildman–Crippen MR) is 80.9 cm³/mol. The number of benzene rings is 1. The van der Waals surface area contributed by atoms with Crippen LogP contribution in [0, 0.1) is 6.92 Å². The summed E-state index contributed by atoms with van der Waals surface area (Å²) in [6.07, 6.45) is 4.20. The molecule has 1 aromatic rings. The lowest BCUT2D eigenvalue weighted by molar-refractivity contribution is 0.335. The van der Waals surface area contributed by atoms with E-state index in [1.54, 1.807) is 16.4 Å². The Hall–Kier alpha value is -0.910. The zero-order valence-corrected chi connectivity index (χ0v) is 13.1. The van der Waals surface area contributed by atoms with Crippen molar-refractivity contribution in [1.29, 1.82) is 0 Å². The monoisotopic (exact) mass is 296 g/mol. The normalized spacial score (nSPS) is 17.0. The van der Waals surface area contributed by atoms with Crippen LogP contribution in [-0.2, 0) is 16.6 Å². The average Bonchev–Trinajstić information content (AvgIpc) is 2.93. The Morgan fingerprint density at radius 3 is 2.50 bits per heavy atom. The molecule has 0 spiro atoms. The molecule has 4 nitrogen and oxygen atoms in total. The maximum absolute atomic E-state index is 12.8. The van der Waals surface area contributed by atoms with Crippen LogP contribution >= 0.6 is 0 Å². The van der Waals surface area contributed by atoms with Gasteiger partial charge in [0.1, 0.15) is 0 Å². The lowest BCUT2D eigenvalue weighted by Crippen LogP contribution is -2.38. The fourth-order valence-corrected chi connectivity index (χ4v) is 4.73. The largest absolute Gasteiger partial charge is 0.326 e. The molecule has 5 heteroatoms. The van der Waals surface area contributed by atoms with E-state index in [-0.39, 0.29) is 6.04 Å². The number of sulfonamides is 1. The van der Waals surface area contributed by atoms with Crippen LogP contribution in [0.3, 0.4) is 0 Å². The van der Waals surface area contributed by atoms with Gasteiger partial charge in [-0.3, -0.25) is 0 Å². The van der Waals surface area contributed by atoms with Gasteiger partial charge in [0.25, 0.3) is 0 Å². The highest BCUT2D eigenvalue weighted by Crippen LogP contribution is 2.29. The first-order chi connectivity index (χ1) is 9.50. The Labute approximate surface area is 122 Å². The smallest absolute Gasteiger partial charge is 0.243 e. The molecule has 2 N–H and O–H groups in total. The molecule has 0 unspecified atom stereocenters. The molecule has 20 heavy (non-hydrogen) atoms. The predicted octanol–water partition coefficient (Wildman–Crippen LogP) is 2.41. The van der Waals surface area contributed by atoms with Gasteiger partial charge in [-0.25, -0.2) is 8.42 Å². The van der Waals surface area contributed by atoms with E-state index in [0.717, 1.165) is 36.8 Å². The maximum atomic E-state index is 12.8. The van der Waals surface area contributed by atoms with Crippen molar-refractivity contribution in [3.63, 3.8) is 0 Å². The van der Waals surface area contributed by atoms with E-state index in [1.807, 2.05) is 19.9 Å². The van der Waals surface area contributed by atoms with Gasteiger partial charge >= 0.3 is 0 Å². The zero-order chi connectivity index (χ0) is 14.8. The van der Waals surface area contributed by atoms with Crippen molar-refractivity contribution in [2.24, 2.45) is 5.73 Å². The third kappa shape index (κ3) is 2.90. The number of nitrogens with two attached hydrogens (primary N) is 1. The van der Waals surface area contributed by atoms with E-state index < -0.39 is 10.0 Å². The topological polar surface area (TPSA) is 63.4 Å². The van der Waals surface area contributed by atoms with Crippen LogP contribution < -0.4 is 5.73 Å². The second-order valence-electron chi connectivity index (χ2n) is 5.44. The van der Waals surface area contributed by atoms with Gasteiger partial charge in [0.15, 0.2) is 0 Å². The number of hydrogen-bond donors (Lipinski definition) is 1. The minimum Gasteiger partial charge on any atom is -0.326 e. The zero-order valence-electron chi connectivity index (χ0n) is 12.3. The van der Waals surface area contributed by atoms with Gasteiger partial charge in [0.2, 0.25) is 10.0 Å². The van der Waals surface area contributed by atoms with Crippen LogP contribution in [0.5, 0.6) is 0 Å². The molecule has 0 aliphatic heterocycles. The summed E-state index contributed by atoms with van der Waals surface area (Å²) in [4.78, 5) is 0.373. The molecule has 2 rings (SSSR count). The average molecular weight is 296 g/mol. The fourth-order valence-electron chi connectivity index (χ4n) is 2.98. The first-order valence-corrected chi connectivity index (χ1v) is 8.76. The molecule has 112 valence electrons. The number of rotatable bonds is 5. The van der Waals surface area contributed by atoms with Crippen LogP contribution in [0.2, 0.25) is 0 Å². The molecule has 0 radical (unpaired) electrons. The number of aryl methyl sites for hydroxylation is 1. The second kappa shape index (κ2) is 6.24. The Morgan fingerprint density at radius 2 is 1.95 bits per heavy atom. The Kier molecular flexibility index (Phi) is 4.83. The van der Waals surface area contributed by atoms with Crippen molar-refractivity contribution < 1.29 is 8.42 Å². The number of nitrogens with zero attached hydrogens (tertiary/aromatic N) is 1. The van der Waals surface area contributed by atoms with Gasteiger partial charge in [-0.05, 0) is 43.0 Å². The molecular formula is C15H24N2O2S. The van der Waals surface area contributed by atoms with Crippen molar-refractivity contribution in [2.75, 3.05) is 6.54 Å². The Bertz CT molecular complexity index is 563. The minimum atomic E-state index is -3.41. The summed E-state index contributed by atoms with van der Waals surface area (Å²) in [6, 6.07) is 5.43. The first kappa shape index (κ1) is 15.5. The molecule has 1 aliphatic rings. The summed E-state index contributed by atoms with van der Waals surface area (Å²) in [5.74, 6) is 0. The minimum absolute atomic E-state index is 0.160. The summed E-state index contributed by atoms with van der Waals surface area (Å²) < 4.78 is 27.3. The lowest BCUT2D eigenvalue weighted by atomic mass is 10.1. The van der Waals surface area contributed by atoms with Crippen LogP contribution in [0.1, 0.15) is 43.7 Å². The summed E-state index contributed by atoms with van der Waals surface area (Å²) >= 11 is 0. The summed E-state index contributed by atoms with van der Waals surface area (Å²) in [5.41, 5.74) is 7.62. The molecule has 0 saturated heterocycles. The third-order valence-corrected chi connectivity index (χ3v) is 6.21. The summed E-state index contributed by atoms with van der Waals surface area (Å²) in [5, 5.41) is 0. The third-order valence-electron chi connectivity index (χ3n) is 4.19. The van der Waals surface area contributed by atoms with E-state index in [1.165, 1.54) is 0 Å². The van der Waals surface area contributed by atoms with Crippen molar-refractivity contribution in [3.05, 3.63) is 29.3 Å². The molecule has 1 saturated carbocycles. The molecule has 0 atom stereocenters. The Balaban J connectivity index is 2.37. The van der Waals surface area contributed by atoms with Crippen molar-refractivity contribution in [2.45, 2.75) is 57.0 Å². The maximum Gasteiger partial charge on any atom is 0.243 e. The summed E-state index contributed by atoms with van der Waals surface area (Å²) in [6.45, 7) is 4.75. The molecule has 1 aromatic carbocycles. The molecule has 0 heterocycles. The Morgan fingerprint density at radius 1 is 1.30 bits per heavy atom. The SMILES string of the molecule is CCN(C1CCCC1)S(=O)(=O)c1ccc(C)c(CN)c1. The molecule has 1 aliphatic carbocycles. The summed E-state index contributed by atoms with van der Waals surface area (Å²) in [7, 11) is -3.41. The van der Waals surface area contributed by atoms with Gasteiger partial charge in [-0.2, -0.15) is 4.31 Å². The van der Waals surface area contributed by atoms with Crippen LogP contribution in [0.4, 0.5) is 0 Å². The van der Waals surface area contributed by atoms with Crippen molar-refractivity contribution in [1.82, 2.24) is 4.31 Å². The molecule has 0 amide bonds. The van der Waals surface area contributed by atoms with E-state index in [4.69, 9.17) is 5.73 Å². The lowest BCUT2D eigenvalue weighted by Gasteiger charge is -2.27. The van der Waals surface area contributed by atoms with E-state index in [2.05, 4.69) is 0 Å². The van der Waals surface area contributed by atoms with Crippen LogP contribution in [0.15, 0.2) is 23.1 Å². The fraction of sp³-hybridized carbons (Fsp3) is 0.600. The highest BCUT2D eigenvalue weighted by molar-refractivity contribution is 7.89. The van der Waals surface area contributed by atoms with E-state index in [0.29, 0.717) is 18.0 Å². The van der Waals surface area contributed by atoms with Crippen molar-refractivity contribution in [3.8, 4) is 0 Å². The van der Waals surface area contributed by atoms with Gasteiger partial charge in [0.05, 0.1) is 4.90 Å². The van der Waals surface area contributed by atoms with E-state index >= 15 is 0 Å². The van der Waals surface area contributed by atoms with Gasteiger partial charge < -0.3 is 5.73 Å². The van der Waals surface area contributed by atoms with Crippen molar-refractivity contribution >= 4 is 10.0 Å². The standard InChI is InChI=1S/C15H24N2O2S/c1-3-17(14-6-4-5-7-14)20(18,19)15-9-8-12(2)13(10-15)11-16/h8-10,14H,3-7,11,16H2,1-2H3.